The smallest absolute Gasteiger partial charge is 0.227 e. The molecule has 28 heavy (non-hydrogen) atoms. The summed E-state index contributed by atoms with van der Waals surface area (Å²) in [5, 5.41) is 8.81. The van der Waals surface area contributed by atoms with Gasteiger partial charge in [-0.05, 0) is 37.2 Å². The summed E-state index contributed by atoms with van der Waals surface area (Å²) in [6.07, 6.45) is 3.29. The van der Waals surface area contributed by atoms with Gasteiger partial charge in [-0.3, -0.25) is 4.79 Å². The van der Waals surface area contributed by atoms with Crippen LogP contribution < -0.4 is 5.32 Å². The lowest BCUT2D eigenvalue weighted by atomic mass is 10.1. The lowest BCUT2D eigenvalue weighted by Crippen LogP contribution is -2.35. The summed E-state index contributed by atoms with van der Waals surface area (Å²) in [7, 11) is 0. The van der Waals surface area contributed by atoms with E-state index in [-0.39, 0.29) is 5.91 Å². The zero-order valence-corrected chi connectivity index (χ0v) is 16.4. The number of rotatable bonds is 4. The molecule has 144 valence electrons. The van der Waals surface area contributed by atoms with Gasteiger partial charge >= 0.3 is 0 Å². The van der Waals surface area contributed by atoms with Crippen molar-refractivity contribution in [3.63, 3.8) is 0 Å². The van der Waals surface area contributed by atoms with Gasteiger partial charge in [0.05, 0.1) is 17.8 Å². The van der Waals surface area contributed by atoms with Gasteiger partial charge < -0.3 is 10.2 Å². The predicted octanol–water partition coefficient (Wildman–Crippen LogP) is 3.56. The number of halogens is 1. The van der Waals surface area contributed by atoms with Gasteiger partial charge in [-0.1, -0.05) is 41.9 Å². The Hall–Kier alpha value is -2.63. The third kappa shape index (κ3) is 4.26. The summed E-state index contributed by atoms with van der Waals surface area (Å²) in [6, 6.07) is 17.5. The first kappa shape index (κ1) is 18.7. The Labute approximate surface area is 169 Å². The Balaban J connectivity index is 1.66. The molecule has 0 saturated carbocycles. The van der Waals surface area contributed by atoms with Crippen molar-refractivity contribution in [1.82, 2.24) is 20.0 Å². The summed E-state index contributed by atoms with van der Waals surface area (Å²) < 4.78 is 1.84. The highest BCUT2D eigenvalue weighted by atomic mass is 35.5. The SMILES string of the molecule is O=C(Cc1cn(-c2ccccc2)nc1-c1ccc(Cl)cc1)N1CCCNCC1. The summed E-state index contributed by atoms with van der Waals surface area (Å²) in [6.45, 7) is 3.36. The number of aromatic nitrogens is 2. The molecule has 0 atom stereocenters. The lowest BCUT2D eigenvalue weighted by Gasteiger charge is -2.19. The first-order valence-corrected chi connectivity index (χ1v) is 9.97. The highest BCUT2D eigenvalue weighted by molar-refractivity contribution is 6.30. The van der Waals surface area contributed by atoms with Crippen molar-refractivity contribution in [3.8, 4) is 16.9 Å². The van der Waals surface area contributed by atoms with E-state index in [0.717, 1.165) is 55.1 Å². The molecule has 1 saturated heterocycles. The number of benzene rings is 2. The number of nitrogens with zero attached hydrogens (tertiary/aromatic N) is 3. The molecule has 0 aliphatic carbocycles. The van der Waals surface area contributed by atoms with Gasteiger partial charge in [-0.25, -0.2) is 4.68 Å². The highest BCUT2D eigenvalue weighted by Crippen LogP contribution is 2.26. The van der Waals surface area contributed by atoms with Crippen molar-refractivity contribution in [2.45, 2.75) is 12.8 Å². The van der Waals surface area contributed by atoms with Gasteiger partial charge in [-0.2, -0.15) is 5.10 Å². The van der Waals surface area contributed by atoms with Gasteiger partial charge in [0.1, 0.15) is 0 Å². The second kappa shape index (κ2) is 8.59. The predicted molar refractivity (Wildman–Crippen MR) is 112 cm³/mol. The van der Waals surface area contributed by atoms with Gasteiger partial charge in [-0.15, -0.1) is 0 Å². The Bertz CT molecular complexity index is 929. The first-order chi connectivity index (χ1) is 13.7. The Kier molecular flexibility index (Phi) is 5.74. The van der Waals surface area contributed by atoms with Crippen LogP contribution in [0.15, 0.2) is 60.8 Å². The largest absolute Gasteiger partial charge is 0.341 e. The second-order valence-electron chi connectivity index (χ2n) is 6.95. The maximum absolute atomic E-state index is 12.9. The normalized spacial score (nSPS) is 14.7. The van der Waals surface area contributed by atoms with E-state index in [4.69, 9.17) is 16.7 Å². The molecule has 1 N–H and O–H groups in total. The summed E-state index contributed by atoms with van der Waals surface area (Å²) in [5.41, 5.74) is 3.67. The minimum atomic E-state index is 0.145. The molecular formula is C22H23ClN4O. The fourth-order valence-corrected chi connectivity index (χ4v) is 3.60. The molecular weight excluding hydrogens is 372 g/mol. The molecule has 0 spiro atoms. The Morgan fingerprint density at radius 1 is 1.04 bits per heavy atom. The van der Waals surface area contributed by atoms with Crippen LogP contribution in [0.25, 0.3) is 16.9 Å². The first-order valence-electron chi connectivity index (χ1n) is 9.59. The van der Waals surface area contributed by atoms with Crippen molar-refractivity contribution in [2.24, 2.45) is 0 Å². The van der Waals surface area contributed by atoms with Crippen LogP contribution in [0.4, 0.5) is 0 Å². The molecule has 0 unspecified atom stereocenters. The van der Waals surface area contributed by atoms with Crippen LogP contribution in [-0.4, -0.2) is 46.8 Å². The molecule has 1 aromatic heterocycles. The average Bonchev–Trinajstić information content (AvgIpc) is 2.95. The van der Waals surface area contributed by atoms with E-state index in [2.05, 4.69) is 5.32 Å². The monoisotopic (exact) mass is 394 g/mol. The molecule has 1 fully saturated rings. The molecule has 1 aliphatic rings. The molecule has 0 radical (unpaired) electrons. The second-order valence-corrected chi connectivity index (χ2v) is 7.39. The standard InChI is InChI=1S/C22H23ClN4O/c23-19-9-7-17(8-10-19)22-18(15-21(28)26-13-4-11-24-12-14-26)16-27(25-22)20-5-2-1-3-6-20/h1-3,5-10,16,24H,4,11-15H2. The zero-order chi connectivity index (χ0) is 19.3. The number of para-hydroxylation sites is 1. The Morgan fingerprint density at radius 3 is 2.61 bits per heavy atom. The van der Waals surface area contributed by atoms with E-state index in [1.807, 2.05) is 70.4 Å². The van der Waals surface area contributed by atoms with Crippen LogP contribution in [0.5, 0.6) is 0 Å². The number of amides is 1. The molecule has 0 bridgehead atoms. The Morgan fingerprint density at radius 2 is 1.82 bits per heavy atom. The van der Waals surface area contributed by atoms with Gasteiger partial charge in [0, 0.05) is 42.0 Å². The number of carbonyl (C=O) groups is 1. The van der Waals surface area contributed by atoms with E-state index in [1.54, 1.807) is 0 Å². The zero-order valence-electron chi connectivity index (χ0n) is 15.6. The lowest BCUT2D eigenvalue weighted by molar-refractivity contribution is -0.130. The third-order valence-electron chi connectivity index (χ3n) is 4.96. The van der Waals surface area contributed by atoms with E-state index in [9.17, 15) is 4.79 Å². The number of carbonyl (C=O) groups excluding carboxylic acids is 1. The van der Waals surface area contributed by atoms with Crippen molar-refractivity contribution in [2.75, 3.05) is 26.2 Å². The maximum atomic E-state index is 12.9. The van der Waals surface area contributed by atoms with Gasteiger partial charge in [0.25, 0.3) is 0 Å². The van der Waals surface area contributed by atoms with Crippen molar-refractivity contribution < 1.29 is 4.79 Å². The van der Waals surface area contributed by atoms with Crippen molar-refractivity contribution >= 4 is 17.5 Å². The fourth-order valence-electron chi connectivity index (χ4n) is 3.47. The molecule has 2 heterocycles. The molecule has 1 amide bonds. The maximum Gasteiger partial charge on any atom is 0.227 e. The molecule has 4 rings (SSSR count). The summed E-state index contributed by atoms with van der Waals surface area (Å²) in [4.78, 5) is 14.9. The van der Waals surface area contributed by atoms with Crippen LogP contribution in [0.1, 0.15) is 12.0 Å². The van der Waals surface area contributed by atoms with Crippen LogP contribution >= 0.6 is 11.6 Å². The number of hydrogen-bond acceptors (Lipinski definition) is 3. The summed E-state index contributed by atoms with van der Waals surface area (Å²) >= 11 is 6.05. The van der Waals surface area contributed by atoms with Crippen molar-refractivity contribution in [1.29, 1.82) is 0 Å². The van der Waals surface area contributed by atoms with E-state index < -0.39 is 0 Å². The highest BCUT2D eigenvalue weighted by Gasteiger charge is 2.20. The fraction of sp³-hybridized carbons (Fsp3) is 0.273. The third-order valence-corrected chi connectivity index (χ3v) is 5.21. The summed E-state index contributed by atoms with van der Waals surface area (Å²) in [5.74, 6) is 0.145. The minimum absolute atomic E-state index is 0.145. The van der Waals surface area contributed by atoms with E-state index in [0.29, 0.717) is 11.4 Å². The molecule has 1 aliphatic heterocycles. The molecule has 5 nitrogen and oxygen atoms in total. The van der Waals surface area contributed by atoms with Gasteiger partial charge in [0.2, 0.25) is 5.91 Å². The quantitative estimate of drug-likeness (QED) is 0.736. The van der Waals surface area contributed by atoms with Gasteiger partial charge in [0.15, 0.2) is 0 Å². The molecule has 2 aromatic carbocycles. The van der Waals surface area contributed by atoms with E-state index >= 15 is 0 Å². The number of nitrogens with one attached hydrogen (secondary N) is 1. The van der Waals surface area contributed by atoms with Crippen LogP contribution in [-0.2, 0) is 11.2 Å². The average molecular weight is 395 g/mol. The van der Waals surface area contributed by atoms with Crippen LogP contribution in [0.3, 0.4) is 0 Å². The topological polar surface area (TPSA) is 50.2 Å². The minimum Gasteiger partial charge on any atom is -0.341 e. The molecule has 3 aromatic rings. The number of hydrogen-bond donors (Lipinski definition) is 1. The van der Waals surface area contributed by atoms with Crippen molar-refractivity contribution in [3.05, 3.63) is 71.4 Å². The molecule has 6 heteroatoms. The van der Waals surface area contributed by atoms with E-state index in [1.165, 1.54) is 0 Å². The van der Waals surface area contributed by atoms with Crippen LogP contribution in [0, 0.1) is 0 Å². The van der Waals surface area contributed by atoms with Crippen LogP contribution in [0.2, 0.25) is 5.02 Å².